The first-order chi connectivity index (χ1) is 13.1. The zero-order chi connectivity index (χ0) is 20.9. The molecule has 0 aliphatic rings. The molecule has 1 heterocycles. The largest absolute Gasteiger partial charge is 0.465 e. The number of rotatable bonds is 7. The van der Waals surface area contributed by atoms with Gasteiger partial charge >= 0.3 is 5.97 Å². The predicted molar refractivity (Wildman–Crippen MR) is 106 cm³/mol. The van der Waals surface area contributed by atoms with Crippen molar-refractivity contribution >= 4 is 16.0 Å². The molecule has 0 radical (unpaired) electrons. The minimum atomic E-state index is -3.90. The smallest absolute Gasteiger partial charge is 0.312 e. The van der Waals surface area contributed by atoms with Crippen LogP contribution in [0.5, 0.6) is 0 Å². The first-order valence-electron chi connectivity index (χ1n) is 8.74. The number of carbonyl (C=O) groups is 1. The molecule has 0 aliphatic heterocycles. The van der Waals surface area contributed by atoms with Crippen LogP contribution in [0.25, 0.3) is 0 Å². The van der Waals surface area contributed by atoms with Gasteiger partial charge in [0.1, 0.15) is 5.76 Å². The third-order valence-electron chi connectivity index (χ3n) is 3.93. The Labute approximate surface area is 166 Å². The molecular formula is C21H25NO5S. The molecule has 0 fully saturated rings. The van der Waals surface area contributed by atoms with E-state index in [1.807, 2.05) is 6.92 Å². The Morgan fingerprint density at radius 2 is 1.93 bits per heavy atom. The van der Waals surface area contributed by atoms with Crippen LogP contribution in [-0.4, -0.2) is 25.2 Å². The van der Waals surface area contributed by atoms with Crippen molar-refractivity contribution in [3.8, 4) is 0 Å². The highest BCUT2D eigenvalue weighted by atomic mass is 32.2. The van der Waals surface area contributed by atoms with E-state index < -0.39 is 27.5 Å². The molecule has 1 atom stereocenters. The van der Waals surface area contributed by atoms with Crippen LogP contribution in [0.1, 0.15) is 38.2 Å². The van der Waals surface area contributed by atoms with E-state index in [0.717, 1.165) is 9.87 Å². The number of aryl methyl sites for hydroxylation is 1. The Balaban J connectivity index is 2.38. The van der Waals surface area contributed by atoms with E-state index in [0.29, 0.717) is 5.76 Å². The highest BCUT2D eigenvalue weighted by Gasteiger charge is 2.32. The Morgan fingerprint density at radius 1 is 1.29 bits per heavy atom. The fourth-order valence-electron chi connectivity index (χ4n) is 2.30. The summed E-state index contributed by atoms with van der Waals surface area (Å²) in [7, 11) is -3.90. The van der Waals surface area contributed by atoms with Crippen LogP contribution >= 0.6 is 0 Å². The van der Waals surface area contributed by atoms with Crippen LogP contribution < -0.4 is 0 Å². The molecule has 7 heteroatoms. The lowest BCUT2D eigenvalue weighted by Crippen LogP contribution is -2.34. The second-order valence-electron chi connectivity index (χ2n) is 7.38. The van der Waals surface area contributed by atoms with Crippen molar-refractivity contribution in [2.75, 3.05) is 6.54 Å². The Bertz CT molecular complexity index is 947. The molecule has 2 aromatic rings. The summed E-state index contributed by atoms with van der Waals surface area (Å²) in [6, 6.07) is 9.76. The number of esters is 1. The maximum Gasteiger partial charge on any atom is 0.312 e. The standard InChI is InChI=1S/C21H25NO5S/c1-6-13-22(28(24,25)17-11-9-16(2)10-12-17)15-19(18-8-7-14-26-18)27-20(23)21(3,4)5/h7-14,19H,1,15H2,2-5H3/t19-/m0/s1. The van der Waals surface area contributed by atoms with Gasteiger partial charge in [0.25, 0.3) is 10.0 Å². The molecule has 0 unspecified atom stereocenters. The van der Waals surface area contributed by atoms with Gasteiger partial charge in [-0.2, -0.15) is 0 Å². The van der Waals surface area contributed by atoms with Gasteiger partial charge in [-0.25, -0.2) is 8.42 Å². The molecule has 1 aromatic heterocycles. The zero-order valence-corrected chi connectivity index (χ0v) is 17.3. The second-order valence-corrected chi connectivity index (χ2v) is 9.27. The Morgan fingerprint density at radius 3 is 2.43 bits per heavy atom. The predicted octanol–water partition coefficient (Wildman–Crippen LogP) is 4.21. The van der Waals surface area contributed by atoms with E-state index in [4.69, 9.17) is 9.15 Å². The summed E-state index contributed by atoms with van der Waals surface area (Å²) < 4.78 is 38.2. The molecule has 6 nitrogen and oxygen atoms in total. The summed E-state index contributed by atoms with van der Waals surface area (Å²) >= 11 is 0. The van der Waals surface area contributed by atoms with E-state index in [1.54, 1.807) is 45.0 Å². The minimum Gasteiger partial charge on any atom is -0.465 e. The van der Waals surface area contributed by atoms with Crippen LogP contribution in [0.15, 0.2) is 70.5 Å². The lowest BCUT2D eigenvalue weighted by molar-refractivity contribution is -0.160. The minimum absolute atomic E-state index is 0.116. The molecule has 0 amide bonds. The zero-order valence-electron chi connectivity index (χ0n) is 16.5. The SMILES string of the molecule is C=C=CN(C[C@H](OC(=O)C(C)(C)C)c1ccco1)S(=O)(=O)c1ccc(C)cc1. The van der Waals surface area contributed by atoms with Crippen molar-refractivity contribution in [2.24, 2.45) is 5.41 Å². The van der Waals surface area contributed by atoms with Gasteiger partial charge in [0.05, 0.1) is 29.3 Å². The fourth-order valence-corrected chi connectivity index (χ4v) is 3.59. The van der Waals surface area contributed by atoms with Gasteiger partial charge in [0.2, 0.25) is 0 Å². The van der Waals surface area contributed by atoms with Crippen LogP contribution in [0.3, 0.4) is 0 Å². The molecule has 28 heavy (non-hydrogen) atoms. The average molecular weight is 404 g/mol. The lowest BCUT2D eigenvalue weighted by Gasteiger charge is -2.27. The van der Waals surface area contributed by atoms with Crippen molar-refractivity contribution in [3.05, 3.63) is 72.5 Å². The van der Waals surface area contributed by atoms with E-state index >= 15 is 0 Å². The number of nitrogens with zero attached hydrogens (tertiary/aromatic N) is 1. The summed E-state index contributed by atoms with van der Waals surface area (Å²) in [6.07, 6.45) is 1.73. The third-order valence-corrected chi connectivity index (χ3v) is 5.67. The number of furan rings is 1. The molecule has 0 N–H and O–H groups in total. The molecule has 0 bridgehead atoms. The van der Waals surface area contributed by atoms with E-state index in [2.05, 4.69) is 12.3 Å². The summed E-state index contributed by atoms with van der Waals surface area (Å²) in [6.45, 7) is 10.3. The second kappa shape index (κ2) is 8.50. The van der Waals surface area contributed by atoms with Crippen LogP contribution in [-0.2, 0) is 19.6 Å². The normalized spacial score (nSPS) is 12.7. The van der Waals surface area contributed by atoms with Crippen molar-refractivity contribution in [1.29, 1.82) is 0 Å². The fraction of sp³-hybridized carbons (Fsp3) is 0.333. The van der Waals surface area contributed by atoms with Crippen molar-refractivity contribution in [3.63, 3.8) is 0 Å². The van der Waals surface area contributed by atoms with Gasteiger partial charge in [-0.05, 0) is 52.0 Å². The number of hydrogen-bond donors (Lipinski definition) is 0. The number of ether oxygens (including phenoxy) is 1. The third kappa shape index (κ3) is 5.15. The Kier molecular flexibility index (Phi) is 6.54. The molecule has 2 rings (SSSR count). The van der Waals surface area contributed by atoms with Crippen molar-refractivity contribution < 1.29 is 22.4 Å². The molecular weight excluding hydrogens is 378 g/mol. The summed E-state index contributed by atoms with van der Waals surface area (Å²) in [5, 5.41) is 0. The van der Waals surface area contributed by atoms with Gasteiger partial charge < -0.3 is 9.15 Å². The average Bonchev–Trinajstić information content (AvgIpc) is 3.14. The van der Waals surface area contributed by atoms with Crippen LogP contribution in [0.4, 0.5) is 0 Å². The topological polar surface area (TPSA) is 76.8 Å². The quantitative estimate of drug-likeness (QED) is 0.511. The lowest BCUT2D eigenvalue weighted by atomic mass is 9.97. The monoisotopic (exact) mass is 403 g/mol. The summed E-state index contributed by atoms with van der Waals surface area (Å²) in [5.74, 6) is -0.122. The molecule has 0 saturated heterocycles. The van der Waals surface area contributed by atoms with Crippen LogP contribution in [0.2, 0.25) is 0 Å². The maximum atomic E-state index is 13.1. The molecule has 150 valence electrons. The van der Waals surface area contributed by atoms with Crippen molar-refractivity contribution in [2.45, 2.75) is 38.7 Å². The van der Waals surface area contributed by atoms with Gasteiger partial charge in [0.15, 0.2) is 6.10 Å². The van der Waals surface area contributed by atoms with Gasteiger partial charge in [-0.15, -0.1) is 5.73 Å². The summed E-state index contributed by atoms with van der Waals surface area (Å²) in [4.78, 5) is 12.5. The number of sulfonamides is 1. The number of carbonyl (C=O) groups excluding carboxylic acids is 1. The van der Waals surface area contributed by atoms with E-state index in [9.17, 15) is 13.2 Å². The van der Waals surface area contributed by atoms with E-state index in [-0.39, 0.29) is 11.4 Å². The Hall–Kier alpha value is -2.76. The maximum absolute atomic E-state index is 13.1. The van der Waals surface area contributed by atoms with Gasteiger partial charge in [-0.1, -0.05) is 24.3 Å². The molecule has 0 aliphatic carbocycles. The number of benzene rings is 1. The highest BCUT2D eigenvalue weighted by molar-refractivity contribution is 7.89. The van der Waals surface area contributed by atoms with Gasteiger partial charge in [0, 0.05) is 0 Å². The van der Waals surface area contributed by atoms with Gasteiger partial charge in [-0.3, -0.25) is 9.10 Å². The first kappa shape index (κ1) is 21.5. The van der Waals surface area contributed by atoms with Crippen LogP contribution in [0, 0.1) is 12.3 Å². The highest BCUT2D eigenvalue weighted by Crippen LogP contribution is 2.27. The first-order valence-corrected chi connectivity index (χ1v) is 10.2. The molecule has 0 spiro atoms. The van der Waals surface area contributed by atoms with Crippen molar-refractivity contribution in [1.82, 2.24) is 4.31 Å². The van der Waals surface area contributed by atoms with E-state index in [1.165, 1.54) is 24.6 Å². The summed E-state index contributed by atoms with van der Waals surface area (Å²) in [5.41, 5.74) is 2.68. The number of hydrogen-bond acceptors (Lipinski definition) is 5. The molecule has 0 saturated carbocycles. The molecule has 1 aromatic carbocycles.